The molecule has 9 nitrogen and oxygen atoms in total. The molecule has 1 saturated carbocycles. The van der Waals surface area contributed by atoms with E-state index in [1.165, 1.54) is 0 Å². The molecule has 1 aromatic carbocycles. The van der Waals surface area contributed by atoms with Gasteiger partial charge in [0.2, 0.25) is 17.8 Å². The standard InChI is InChI=1S/C24H28Cl3N7O2/c25-14-10-17(26)20(18(27)11-14)32-24-31-19-12-29-23(30-15-2-1-8-36-9-7-15)33-22(19)34(24)16-5-3-13(4-6-16)21(28)35/h10-13,15-16H,1-9H2,(H2,28,35)(H,31,32)(H,29,30,33)/t13?,15-,16?/m0/s1. The normalized spacial score (nSPS) is 22.8. The minimum atomic E-state index is -0.247. The Balaban J connectivity index is 1.51. The molecule has 3 heterocycles. The Kier molecular flexibility index (Phi) is 7.71. The number of fused-ring (bicyclic) bond motifs is 1. The molecule has 0 spiro atoms. The fraction of sp³-hybridized carbons (Fsp3) is 0.500. The van der Waals surface area contributed by atoms with Gasteiger partial charge < -0.3 is 21.1 Å². The molecular weight excluding hydrogens is 525 g/mol. The van der Waals surface area contributed by atoms with Crippen molar-refractivity contribution < 1.29 is 9.53 Å². The van der Waals surface area contributed by atoms with E-state index in [0.717, 1.165) is 45.3 Å². The number of aromatic nitrogens is 4. The Morgan fingerprint density at radius 3 is 2.50 bits per heavy atom. The van der Waals surface area contributed by atoms with Crippen LogP contribution < -0.4 is 16.4 Å². The molecule has 1 amide bonds. The third-order valence-electron chi connectivity index (χ3n) is 6.93. The van der Waals surface area contributed by atoms with Crippen LogP contribution in [-0.2, 0) is 9.53 Å². The van der Waals surface area contributed by atoms with Gasteiger partial charge >= 0.3 is 0 Å². The average Bonchev–Trinajstić information content (AvgIpc) is 2.99. The topological polar surface area (TPSA) is 120 Å². The second-order valence-corrected chi connectivity index (χ2v) is 10.6. The van der Waals surface area contributed by atoms with E-state index < -0.39 is 0 Å². The molecule has 5 rings (SSSR count). The van der Waals surface area contributed by atoms with Crippen molar-refractivity contribution in [2.45, 2.75) is 57.0 Å². The molecule has 0 unspecified atom stereocenters. The van der Waals surface area contributed by atoms with Gasteiger partial charge in [0.1, 0.15) is 5.52 Å². The number of nitrogens with two attached hydrogens (primary N) is 1. The van der Waals surface area contributed by atoms with Crippen LogP contribution in [0.25, 0.3) is 11.2 Å². The Morgan fingerprint density at radius 2 is 1.78 bits per heavy atom. The summed E-state index contributed by atoms with van der Waals surface area (Å²) in [4.78, 5) is 25.9. The fourth-order valence-corrected chi connectivity index (χ4v) is 5.93. The van der Waals surface area contributed by atoms with Gasteiger partial charge in [0, 0.05) is 36.2 Å². The lowest BCUT2D eigenvalue weighted by atomic mass is 9.85. The highest BCUT2D eigenvalue weighted by Gasteiger charge is 2.29. The van der Waals surface area contributed by atoms with Crippen molar-refractivity contribution in [1.29, 1.82) is 0 Å². The maximum absolute atomic E-state index is 11.7. The zero-order chi connectivity index (χ0) is 25.2. The summed E-state index contributed by atoms with van der Waals surface area (Å²) in [5.74, 6) is 0.739. The van der Waals surface area contributed by atoms with E-state index in [4.69, 9.17) is 55.2 Å². The summed E-state index contributed by atoms with van der Waals surface area (Å²) in [5.41, 5.74) is 7.42. The summed E-state index contributed by atoms with van der Waals surface area (Å²) in [6.45, 7) is 1.50. The number of primary amides is 1. The van der Waals surface area contributed by atoms with Gasteiger partial charge in [-0.2, -0.15) is 4.98 Å². The summed E-state index contributed by atoms with van der Waals surface area (Å²) in [6.07, 6.45) is 7.57. The van der Waals surface area contributed by atoms with Crippen LogP contribution in [0.3, 0.4) is 0 Å². The van der Waals surface area contributed by atoms with E-state index >= 15 is 0 Å². The Hall–Kier alpha value is -2.33. The van der Waals surface area contributed by atoms with Crippen LogP contribution >= 0.6 is 34.8 Å². The lowest BCUT2D eigenvalue weighted by molar-refractivity contribution is -0.122. The van der Waals surface area contributed by atoms with E-state index in [2.05, 4.69) is 20.2 Å². The fourth-order valence-electron chi connectivity index (χ4n) is 5.02. The van der Waals surface area contributed by atoms with Crippen LogP contribution in [0.15, 0.2) is 18.3 Å². The van der Waals surface area contributed by atoms with Gasteiger partial charge in [-0.3, -0.25) is 9.36 Å². The first kappa shape index (κ1) is 25.3. The van der Waals surface area contributed by atoms with Crippen molar-refractivity contribution in [3.05, 3.63) is 33.4 Å². The number of ether oxygens (including phenoxy) is 1. The second-order valence-electron chi connectivity index (χ2n) is 9.37. The number of hydrogen-bond donors (Lipinski definition) is 3. The van der Waals surface area contributed by atoms with Gasteiger partial charge in [-0.15, -0.1) is 0 Å². The third kappa shape index (κ3) is 5.49. The number of rotatable bonds is 6. The predicted molar refractivity (Wildman–Crippen MR) is 142 cm³/mol. The second kappa shape index (κ2) is 11.0. The van der Waals surface area contributed by atoms with Crippen LogP contribution in [0.1, 0.15) is 51.0 Å². The number of nitrogens with one attached hydrogen (secondary N) is 2. The van der Waals surface area contributed by atoms with Gasteiger partial charge in [0.15, 0.2) is 5.65 Å². The number of carbonyl (C=O) groups excluding carboxylic acids is 1. The van der Waals surface area contributed by atoms with E-state index in [1.807, 2.05) is 0 Å². The van der Waals surface area contributed by atoms with Crippen molar-refractivity contribution in [3.8, 4) is 0 Å². The van der Waals surface area contributed by atoms with E-state index in [0.29, 0.717) is 56.7 Å². The Morgan fingerprint density at radius 1 is 1.03 bits per heavy atom. The minimum absolute atomic E-state index is 0.0620. The SMILES string of the molecule is NC(=O)C1CCC(n2c(Nc3c(Cl)cc(Cl)cc3Cl)nc3cnc(N[C@H]4CCCOCC4)nc32)CC1. The molecule has 1 saturated heterocycles. The zero-order valence-corrected chi connectivity index (χ0v) is 21.9. The largest absolute Gasteiger partial charge is 0.381 e. The number of carbonyl (C=O) groups is 1. The monoisotopic (exact) mass is 551 g/mol. The summed E-state index contributed by atoms with van der Waals surface area (Å²) in [7, 11) is 0. The Labute approximate surface area is 224 Å². The number of hydrogen-bond acceptors (Lipinski definition) is 7. The van der Waals surface area contributed by atoms with Crippen LogP contribution in [-0.4, -0.2) is 44.7 Å². The van der Waals surface area contributed by atoms with Crippen LogP contribution in [0.2, 0.25) is 15.1 Å². The molecule has 0 bridgehead atoms. The van der Waals surface area contributed by atoms with Gasteiger partial charge in [0.05, 0.1) is 21.9 Å². The molecule has 12 heteroatoms. The summed E-state index contributed by atoms with van der Waals surface area (Å²) < 4.78 is 7.64. The molecule has 1 aliphatic carbocycles. The van der Waals surface area contributed by atoms with Crippen molar-refractivity contribution >= 4 is 69.5 Å². The van der Waals surface area contributed by atoms with Gasteiger partial charge in [-0.25, -0.2) is 9.97 Å². The van der Waals surface area contributed by atoms with Crippen LogP contribution in [0.5, 0.6) is 0 Å². The molecule has 36 heavy (non-hydrogen) atoms. The van der Waals surface area contributed by atoms with Gasteiger partial charge in [-0.05, 0) is 57.1 Å². The Bertz CT molecular complexity index is 1230. The third-order valence-corrected chi connectivity index (χ3v) is 7.74. The van der Waals surface area contributed by atoms with Crippen molar-refractivity contribution in [2.75, 3.05) is 23.8 Å². The number of anilines is 3. The number of imidazole rings is 1. The van der Waals surface area contributed by atoms with Crippen molar-refractivity contribution in [2.24, 2.45) is 11.7 Å². The number of amides is 1. The first-order chi connectivity index (χ1) is 17.4. The summed E-state index contributed by atoms with van der Waals surface area (Å²) >= 11 is 19.0. The van der Waals surface area contributed by atoms with E-state index in [-0.39, 0.29) is 23.9 Å². The molecule has 2 fully saturated rings. The van der Waals surface area contributed by atoms with Crippen LogP contribution in [0.4, 0.5) is 17.6 Å². The first-order valence-electron chi connectivity index (χ1n) is 12.2. The molecule has 4 N–H and O–H groups in total. The lowest BCUT2D eigenvalue weighted by Gasteiger charge is -2.29. The predicted octanol–water partition coefficient (Wildman–Crippen LogP) is 5.73. The molecule has 3 aromatic rings. The van der Waals surface area contributed by atoms with Crippen molar-refractivity contribution in [1.82, 2.24) is 19.5 Å². The highest BCUT2D eigenvalue weighted by molar-refractivity contribution is 6.41. The molecule has 192 valence electrons. The molecule has 0 radical (unpaired) electrons. The highest BCUT2D eigenvalue weighted by atomic mass is 35.5. The highest BCUT2D eigenvalue weighted by Crippen LogP contribution is 2.40. The summed E-state index contributed by atoms with van der Waals surface area (Å²) in [5, 5.41) is 7.97. The van der Waals surface area contributed by atoms with Gasteiger partial charge in [-0.1, -0.05) is 34.8 Å². The first-order valence-corrected chi connectivity index (χ1v) is 13.3. The molecule has 1 aliphatic heterocycles. The minimum Gasteiger partial charge on any atom is -0.381 e. The van der Waals surface area contributed by atoms with Crippen molar-refractivity contribution in [3.63, 3.8) is 0 Å². The molecule has 1 atom stereocenters. The lowest BCUT2D eigenvalue weighted by Crippen LogP contribution is -2.29. The van der Waals surface area contributed by atoms with E-state index in [9.17, 15) is 4.79 Å². The molecular formula is C24H28Cl3N7O2. The number of benzene rings is 1. The van der Waals surface area contributed by atoms with Gasteiger partial charge in [0.25, 0.3) is 0 Å². The average molecular weight is 553 g/mol. The zero-order valence-electron chi connectivity index (χ0n) is 19.6. The molecule has 2 aromatic heterocycles. The number of nitrogens with zero attached hydrogens (tertiary/aromatic N) is 4. The smallest absolute Gasteiger partial charge is 0.224 e. The summed E-state index contributed by atoms with van der Waals surface area (Å²) in [6, 6.07) is 3.56. The van der Waals surface area contributed by atoms with E-state index in [1.54, 1.807) is 18.3 Å². The maximum Gasteiger partial charge on any atom is 0.224 e. The van der Waals surface area contributed by atoms with Crippen LogP contribution in [0, 0.1) is 5.92 Å². The number of halogens is 3. The molecule has 2 aliphatic rings. The quantitative estimate of drug-likeness (QED) is 0.357. The maximum atomic E-state index is 11.7.